The number of hydrazine groups is 1. The van der Waals surface area contributed by atoms with Gasteiger partial charge in [-0.1, -0.05) is 0 Å². The molecular weight excluding hydrogens is 284 g/mol. The number of aromatic nitrogens is 2. The van der Waals surface area contributed by atoms with Crippen molar-refractivity contribution in [1.82, 2.24) is 15.2 Å². The predicted octanol–water partition coefficient (Wildman–Crippen LogP) is 2.02. The summed E-state index contributed by atoms with van der Waals surface area (Å²) in [4.78, 5) is 0. The van der Waals surface area contributed by atoms with Crippen molar-refractivity contribution in [3.63, 3.8) is 0 Å². The maximum atomic E-state index is 6.14. The summed E-state index contributed by atoms with van der Waals surface area (Å²) in [6.07, 6.45) is 3.34. The van der Waals surface area contributed by atoms with Gasteiger partial charge in [-0.25, -0.2) is 0 Å². The molecule has 3 rings (SSSR count). The minimum absolute atomic E-state index is 0.0921. The SMILES string of the molecule is CCn1nc(C)cc1C(NN)C1CCOC2(CCSC2)C1. The van der Waals surface area contributed by atoms with Crippen LogP contribution in [0, 0.1) is 12.8 Å². The zero-order valence-electron chi connectivity index (χ0n) is 13.0. The summed E-state index contributed by atoms with van der Waals surface area (Å²) in [7, 11) is 0. The van der Waals surface area contributed by atoms with Gasteiger partial charge < -0.3 is 4.74 Å². The summed E-state index contributed by atoms with van der Waals surface area (Å²) in [5.74, 6) is 8.79. The fourth-order valence-corrected chi connectivity index (χ4v) is 5.12. The zero-order chi connectivity index (χ0) is 14.9. The van der Waals surface area contributed by atoms with Crippen molar-refractivity contribution in [2.45, 2.75) is 51.3 Å². The van der Waals surface area contributed by atoms with E-state index in [0.717, 1.165) is 37.4 Å². The van der Waals surface area contributed by atoms with Crippen LogP contribution < -0.4 is 11.3 Å². The quantitative estimate of drug-likeness (QED) is 0.658. The summed E-state index contributed by atoms with van der Waals surface area (Å²) >= 11 is 2.01. The van der Waals surface area contributed by atoms with Crippen molar-refractivity contribution >= 4 is 11.8 Å². The van der Waals surface area contributed by atoms with Crippen LogP contribution in [0.5, 0.6) is 0 Å². The van der Waals surface area contributed by atoms with E-state index in [1.54, 1.807) is 0 Å². The van der Waals surface area contributed by atoms with Gasteiger partial charge in [0.2, 0.25) is 0 Å². The van der Waals surface area contributed by atoms with Crippen molar-refractivity contribution in [3.05, 3.63) is 17.5 Å². The molecule has 2 saturated heterocycles. The number of thioether (sulfide) groups is 1. The topological polar surface area (TPSA) is 65.1 Å². The highest BCUT2D eigenvalue weighted by atomic mass is 32.2. The molecule has 6 heteroatoms. The van der Waals surface area contributed by atoms with Crippen molar-refractivity contribution in [1.29, 1.82) is 0 Å². The summed E-state index contributed by atoms with van der Waals surface area (Å²) in [5.41, 5.74) is 5.42. The number of ether oxygens (including phenoxy) is 1. The minimum Gasteiger partial charge on any atom is -0.374 e. The molecule has 1 spiro atoms. The highest BCUT2D eigenvalue weighted by Gasteiger charge is 2.43. The van der Waals surface area contributed by atoms with Crippen LogP contribution in [-0.2, 0) is 11.3 Å². The Morgan fingerprint density at radius 3 is 3.19 bits per heavy atom. The average molecular weight is 310 g/mol. The Labute approximate surface area is 131 Å². The highest BCUT2D eigenvalue weighted by molar-refractivity contribution is 7.99. The molecule has 2 fully saturated rings. The largest absolute Gasteiger partial charge is 0.374 e. The third-order valence-corrected chi connectivity index (χ3v) is 6.02. The van der Waals surface area contributed by atoms with Gasteiger partial charge in [0.25, 0.3) is 0 Å². The van der Waals surface area contributed by atoms with E-state index in [4.69, 9.17) is 10.6 Å². The fraction of sp³-hybridized carbons (Fsp3) is 0.800. The maximum Gasteiger partial charge on any atom is 0.0783 e. The van der Waals surface area contributed by atoms with Crippen molar-refractivity contribution in [2.75, 3.05) is 18.1 Å². The van der Waals surface area contributed by atoms with Gasteiger partial charge in [-0.05, 0) is 50.8 Å². The van der Waals surface area contributed by atoms with Crippen LogP contribution in [0.4, 0.5) is 0 Å². The smallest absolute Gasteiger partial charge is 0.0783 e. The molecule has 0 amide bonds. The van der Waals surface area contributed by atoms with Crippen LogP contribution in [0.15, 0.2) is 6.07 Å². The summed E-state index contributed by atoms with van der Waals surface area (Å²) < 4.78 is 8.21. The predicted molar refractivity (Wildman–Crippen MR) is 86.1 cm³/mol. The fourth-order valence-electron chi connectivity index (χ4n) is 3.75. The average Bonchev–Trinajstić information content (AvgIpc) is 3.07. The number of aryl methyl sites for hydroxylation is 2. The maximum absolute atomic E-state index is 6.14. The van der Waals surface area contributed by atoms with E-state index in [1.165, 1.54) is 17.9 Å². The van der Waals surface area contributed by atoms with Gasteiger partial charge in [-0.15, -0.1) is 0 Å². The van der Waals surface area contributed by atoms with Gasteiger partial charge in [0.15, 0.2) is 0 Å². The Bertz CT molecular complexity index is 484. The molecule has 1 aromatic rings. The van der Waals surface area contributed by atoms with E-state index in [2.05, 4.69) is 28.2 Å². The molecule has 5 nitrogen and oxygen atoms in total. The third kappa shape index (κ3) is 2.99. The van der Waals surface area contributed by atoms with Crippen LogP contribution in [0.3, 0.4) is 0 Å². The molecule has 2 aliphatic rings. The molecule has 1 aromatic heterocycles. The van der Waals surface area contributed by atoms with E-state index in [-0.39, 0.29) is 11.6 Å². The van der Waals surface area contributed by atoms with E-state index in [1.807, 2.05) is 18.7 Å². The Hall–Kier alpha value is -0.560. The van der Waals surface area contributed by atoms with Gasteiger partial charge in [-0.3, -0.25) is 16.0 Å². The second-order valence-corrected chi connectivity index (χ2v) is 7.36. The van der Waals surface area contributed by atoms with Crippen LogP contribution in [-0.4, -0.2) is 33.5 Å². The molecule has 2 aliphatic heterocycles. The van der Waals surface area contributed by atoms with Crippen LogP contribution in [0.1, 0.15) is 43.6 Å². The molecular formula is C15H26N4OS. The van der Waals surface area contributed by atoms with Crippen LogP contribution in [0.25, 0.3) is 0 Å². The molecule has 0 saturated carbocycles. The number of hydrogen-bond acceptors (Lipinski definition) is 5. The number of nitrogens with one attached hydrogen (secondary N) is 1. The van der Waals surface area contributed by atoms with Crippen molar-refractivity contribution < 1.29 is 4.74 Å². The Morgan fingerprint density at radius 2 is 2.52 bits per heavy atom. The Balaban J connectivity index is 1.82. The van der Waals surface area contributed by atoms with Gasteiger partial charge >= 0.3 is 0 Å². The van der Waals surface area contributed by atoms with Crippen LogP contribution in [0.2, 0.25) is 0 Å². The van der Waals surface area contributed by atoms with Gasteiger partial charge in [-0.2, -0.15) is 16.9 Å². The lowest BCUT2D eigenvalue weighted by Gasteiger charge is -2.40. The first-order valence-corrected chi connectivity index (χ1v) is 9.05. The summed E-state index contributed by atoms with van der Waals surface area (Å²) in [6.45, 7) is 5.90. The van der Waals surface area contributed by atoms with Gasteiger partial charge in [0.05, 0.1) is 23.0 Å². The molecule has 3 heterocycles. The van der Waals surface area contributed by atoms with E-state index < -0.39 is 0 Å². The van der Waals surface area contributed by atoms with Gasteiger partial charge in [0, 0.05) is 18.9 Å². The second-order valence-electron chi connectivity index (χ2n) is 6.26. The van der Waals surface area contributed by atoms with Gasteiger partial charge in [0.1, 0.15) is 0 Å². The first-order chi connectivity index (χ1) is 10.2. The molecule has 21 heavy (non-hydrogen) atoms. The molecule has 0 aliphatic carbocycles. The molecule has 0 bridgehead atoms. The first kappa shape index (κ1) is 15.3. The number of rotatable bonds is 4. The molecule has 3 N–H and O–H groups in total. The number of hydrogen-bond donors (Lipinski definition) is 2. The zero-order valence-corrected chi connectivity index (χ0v) is 13.8. The molecule has 118 valence electrons. The van der Waals surface area contributed by atoms with Crippen molar-refractivity contribution in [3.8, 4) is 0 Å². The van der Waals surface area contributed by atoms with E-state index in [9.17, 15) is 0 Å². The number of nitrogens with zero attached hydrogens (tertiary/aromatic N) is 2. The standard InChI is InChI=1S/C15H26N4OS/c1-3-19-13(8-11(2)18-19)14(17-16)12-4-6-20-15(9-12)5-7-21-10-15/h8,12,14,17H,3-7,9-10,16H2,1-2H3. The lowest BCUT2D eigenvalue weighted by molar-refractivity contribution is -0.0858. The highest BCUT2D eigenvalue weighted by Crippen LogP contribution is 2.43. The van der Waals surface area contributed by atoms with Crippen molar-refractivity contribution in [2.24, 2.45) is 11.8 Å². The molecule has 3 atom stereocenters. The van der Waals surface area contributed by atoms with Crippen LogP contribution >= 0.6 is 11.8 Å². The van der Waals surface area contributed by atoms with E-state index >= 15 is 0 Å². The third-order valence-electron chi connectivity index (χ3n) is 4.80. The number of nitrogens with two attached hydrogens (primary N) is 1. The second kappa shape index (κ2) is 6.28. The molecule has 0 radical (unpaired) electrons. The first-order valence-electron chi connectivity index (χ1n) is 7.89. The monoisotopic (exact) mass is 310 g/mol. The summed E-state index contributed by atoms with van der Waals surface area (Å²) in [6, 6.07) is 2.33. The Morgan fingerprint density at radius 1 is 1.67 bits per heavy atom. The molecule has 3 unspecified atom stereocenters. The lowest BCUT2D eigenvalue weighted by atomic mass is 9.80. The van der Waals surface area contributed by atoms with E-state index in [0.29, 0.717) is 5.92 Å². The molecule has 0 aromatic carbocycles. The summed E-state index contributed by atoms with van der Waals surface area (Å²) in [5, 5.41) is 4.57. The minimum atomic E-state index is 0.0921. The Kier molecular flexibility index (Phi) is 4.59. The lowest BCUT2D eigenvalue weighted by Crippen LogP contribution is -2.45. The normalized spacial score (nSPS) is 30.9.